The van der Waals surface area contributed by atoms with E-state index in [1.165, 1.54) is 56.9 Å². The lowest BCUT2D eigenvalue weighted by Crippen LogP contribution is -2.01. The van der Waals surface area contributed by atoms with Gasteiger partial charge in [0.15, 0.2) is 11.4 Å². The molecule has 4 aromatic rings. The molecule has 0 bridgehead atoms. The summed E-state index contributed by atoms with van der Waals surface area (Å²) in [4.78, 5) is 12.6. The highest BCUT2D eigenvalue weighted by molar-refractivity contribution is 6.05. The third-order valence-electron chi connectivity index (χ3n) is 6.62. The number of benzene rings is 3. The molecule has 172 valence electrons. The Morgan fingerprint density at radius 2 is 1.36 bits per heavy atom. The van der Waals surface area contributed by atoms with Crippen molar-refractivity contribution < 1.29 is 8.81 Å². The molecule has 0 aliphatic heterocycles. The van der Waals surface area contributed by atoms with Crippen molar-refractivity contribution in [2.45, 2.75) is 71.6 Å². The monoisotopic (exact) mass is 444 g/mol. The molecule has 0 aliphatic rings. The van der Waals surface area contributed by atoms with E-state index in [4.69, 9.17) is 4.42 Å². The largest absolute Gasteiger partial charge is 0.419 e. The number of halogens is 1. The SMILES string of the molecule is CCCCCCCCCCc1ccc(-c2ccc3c(c2)c(=O)oc2c(F)c(C)ccc23)cc1. The van der Waals surface area contributed by atoms with Crippen LogP contribution in [-0.2, 0) is 6.42 Å². The predicted octanol–water partition coefficient (Wildman–Crippen LogP) is 8.74. The molecule has 0 spiro atoms. The first kappa shape index (κ1) is 23.2. The maximum Gasteiger partial charge on any atom is 0.344 e. The van der Waals surface area contributed by atoms with Gasteiger partial charge in [0.05, 0.1) is 5.39 Å². The molecule has 4 rings (SSSR count). The number of unbranched alkanes of at least 4 members (excludes halogenated alkanes) is 7. The Balaban J connectivity index is 1.45. The van der Waals surface area contributed by atoms with Gasteiger partial charge in [-0.2, -0.15) is 0 Å². The minimum atomic E-state index is -0.504. The van der Waals surface area contributed by atoms with Crippen LogP contribution in [0.4, 0.5) is 4.39 Å². The van der Waals surface area contributed by atoms with Crippen molar-refractivity contribution in [2.24, 2.45) is 0 Å². The first-order chi connectivity index (χ1) is 16.1. The van der Waals surface area contributed by atoms with E-state index in [-0.39, 0.29) is 5.58 Å². The Kier molecular flexibility index (Phi) is 7.59. The lowest BCUT2D eigenvalue weighted by Gasteiger charge is -2.08. The number of hydrogen-bond acceptors (Lipinski definition) is 2. The van der Waals surface area contributed by atoms with E-state index in [9.17, 15) is 9.18 Å². The molecule has 0 saturated carbocycles. The van der Waals surface area contributed by atoms with E-state index in [1.54, 1.807) is 13.0 Å². The van der Waals surface area contributed by atoms with Gasteiger partial charge in [-0.05, 0) is 48.1 Å². The standard InChI is InChI=1S/C30H33FO2/c1-3-4-5-6-7-8-9-10-11-22-13-15-23(16-14-22)24-17-19-25-26-18-12-21(2)28(31)29(26)33-30(32)27(25)20-24/h12-20H,3-11H2,1-2H3. The fraction of sp³-hybridized carbons (Fsp3) is 0.367. The smallest absolute Gasteiger partial charge is 0.344 e. The predicted molar refractivity (Wildman–Crippen MR) is 136 cm³/mol. The molecule has 1 heterocycles. The van der Waals surface area contributed by atoms with E-state index < -0.39 is 11.4 Å². The van der Waals surface area contributed by atoms with Crippen LogP contribution >= 0.6 is 0 Å². The van der Waals surface area contributed by atoms with Crippen LogP contribution in [0.5, 0.6) is 0 Å². The summed E-state index contributed by atoms with van der Waals surface area (Å²) in [6.45, 7) is 3.92. The Hall–Kier alpha value is -2.94. The van der Waals surface area contributed by atoms with Gasteiger partial charge in [0.2, 0.25) is 0 Å². The normalized spacial score (nSPS) is 11.5. The molecule has 1 aromatic heterocycles. The first-order valence-corrected chi connectivity index (χ1v) is 12.3. The van der Waals surface area contributed by atoms with Crippen molar-refractivity contribution in [3.63, 3.8) is 0 Å². The van der Waals surface area contributed by atoms with Gasteiger partial charge >= 0.3 is 5.63 Å². The highest BCUT2D eigenvalue weighted by Crippen LogP contribution is 2.30. The number of fused-ring (bicyclic) bond motifs is 3. The maximum atomic E-state index is 14.4. The maximum absolute atomic E-state index is 14.4. The molecule has 0 unspecified atom stereocenters. The highest BCUT2D eigenvalue weighted by Gasteiger charge is 2.13. The fourth-order valence-corrected chi connectivity index (χ4v) is 4.57. The number of aryl methyl sites for hydroxylation is 2. The van der Waals surface area contributed by atoms with Gasteiger partial charge in [-0.1, -0.05) is 100 Å². The van der Waals surface area contributed by atoms with Crippen molar-refractivity contribution in [3.8, 4) is 11.1 Å². The van der Waals surface area contributed by atoms with Crippen molar-refractivity contribution >= 4 is 21.7 Å². The number of rotatable bonds is 10. The molecule has 0 N–H and O–H groups in total. The summed E-state index contributed by atoms with van der Waals surface area (Å²) in [5, 5.41) is 1.82. The minimum Gasteiger partial charge on any atom is -0.419 e. The Labute approximate surface area is 195 Å². The van der Waals surface area contributed by atoms with Gasteiger partial charge in [-0.3, -0.25) is 0 Å². The molecule has 3 aromatic carbocycles. The van der Waals surface area contributed by atoms with Crippen molar-refractivity contribution in [1.29, 1.82) is 0 Å². The molecule has 2 nitrogen and oxygen atoms in total. The van der Waals surface area contributed by atoms with E-state index in [0.29, 0.717) is 16.3 Å². The van der Waals surface area contributed by atoms with E-state index in [0.717, 1.165) is 22.9 Å². The molecular weight excluding hydrogens is 411 g/mol. The Morgan fingerprint density at radius 1 is 0.727 bits per heavy atom. The summed E-state index contributed by atoms with van der Waals surface area (Å²) in [6, 6.07) is 17.9. The van der Waals surface area contributed by atoms with Crippen molar-refractivity contribution in [1.82, 2.24) is 0 Å². The molecule has 33 heavy (non-hydrogen) atoms. The van der Waals surface area contributed by atoms with Crippen LogP contribution in [-0.4, -0.2) is 0 Å². The second-order valence-corrected chi connectivity index (χ2v) is 9.14. The molecule has 0 atom stereocenters. The zero-order chi connectivity index (χ0) is 23.2. The van der Waals surface area contributed by atoms with Crippen LogP contribution in [0.3, 0.4) is 0 Å². The fourth-order valence-electron chi connectivity index (χ4n) is 4.57. The van der Waals surface area contributed by atoms with Gasteiger partial charge < -0.3 is 4.42 Å². The molecule has 3 heteroatoms. The Morgan fingerprint density at radius 3 is 2.09 bits per heavy atom. The molecule has 0 fully saturated rings. The summed E-state index contributed by atoms with van der Waals surface area (Å²) < 4.78 is 19.8. The second kappa shape index (κ2) is 10.8. The average molecular weight is 445 g/mol. The third kappa shape index (κ3) is 5.35. The summed E-state index contributed by atoms with van der Waals surface area (Å²) in [6.07, 6.45) is 11.7. The van der Waals surface area contributed by atoms with Crippen molar-refractivity contribution in [2.75, 3.05) is 0 Å². The second-order valence-electron chi connectivity index (χ2n) is 9.14. The molecule has 0 aliphatic carbocycles. The number of hydrogen-bond donors (Lipinski definition) is 0. The van der Waals surface area contributed by atoms with Crippen LogP contribution in [0.1, 0.15) is 69.4 Å². The van der Waals surface area contributed by atoms with Gasteiger partial charge in [0.25, 0.3) is 0 Å². The highest BCUT2D eigenvalue weighted by atomic mass is 19.1. The molecule has 0 saturated heterocycles. The summed E-state index contributed by atoms with van der Waals surface area (Å²) in [5.41, 5.74) is 3.36. The van der Waals surface area contributed by atoms with Gasteiger partial charge in [-0.25, -0.2) is 9.18 Å². The van der Waals surface area contributed by atoms with Crippen LogP contribution < -0.4 is 5.63 Å². The summed E-state index contributed by atoms with van der Waals surface area (Å²) in [7, 11) is 0. The summed E-state index contributed by atoms with van der Waals surface area (Å²) in [5.74, 6) is -0.470. The van der Waals surface area contributed by atoms with Crippen LogP contribution in [0.25, 0.3) is 32.9 Å². The Bertz CT molecular complexity index is 1280. The minimum absolute atomic E-state index is 0.0329. The van der Waals surface area contributed by atoms with Crippen LogP contribution in [0.2, 0.25) is 0 Å². The molecule has 0 radical (unpaired) electrons. The van der Waals surface area contributed by atoms with Gasteiger partial charge in [0, 0.05) is 10.8 Å². The quantitative estimate of drug-likeness (QED) is 0.139. The average Bonchev–Trinajstić information content (AvgIpc) is 2.84. The zero-order valence-electron chi connectivity index (χ0n) is 19.8. The van der Waals surface area contributed by atoms with Gasteiger partial charge in [0.1, 0.15) is 0 Å². The van der Waals surface area contributed by atoms with Gasteiger partial charge in [-0.15, -0.1) is 0 Å². The van der Waals surface area contributed by atoms with E-state index in [1.807, 2.05) is 24.3 Å². The van der Waals surface area contributed by atoms with Crippen molar-refractivity contribution in [3.05, 3.63) is 82.0 Å². The first-order valence-electron chi connectivity index (χ1n) is 12.3. The lowest BCUT2D eigenvalue weighted by molar-refractivity contribution is 0.527. The third-order valence-corrected chi connectivity index (χ3v) is 6.62. The van der Waals surface area contributed by atoms with Crippen LogP contribution in [0.15, 0.2) is 63.8 Å². The van der Waals surface area contributed by atoms with E-state index >= 15 is 0 Å². The molecular formula is C30H33FO2. The lowest BCUT2D eigenvalue weighted by atomic mass is 9.98. The molecule has 0 amide bonds. The van der Waals surface area contributed by atoms with E-state index in [2.05, 4.69) is 31.2 Å². The zero-order valence-corrected chi connectivity index (χ0v) is 19.8. The van der Waals surface area contributed by atoms with Crippen LogP contribution in [0, 0.1) is 12.7 Å². The topological polar surface area (TPSA) is 30.2 Å². The summed E-state index contributed by atoms with van der Waals surface area (Å²) >= 11 is 0.